The fourth-order valence-electron chi connectivity index (χ4n) is 3.65. The lowest BCUT2D eigenvalue weighted by molar-refractivity contribution is -0.143. The van der Waals surface area contributed by atoms with Gasteiger partial charge in [-0.1, -0.05) is 30.3 Å². The summed E-state index contributed by atoms with van der Waals surface area (Å²) >= 11 is 0. The predicted molar refractivity (Wildman–Crippen MR) is 94.9 cm³/mol. The van der Waals surface area contributed by atoms with Gasteiger partial charge in [0.05, 0.1) is 24.1 Å². The van der Waals surface area contributed by atoms with E-state index in [1.165, 1.54) is 17.5 Å². The summed E-state index contributed by atoms with van der Waals surface area (Å²) in [6.07, 6.45) is 3.55. The quantitative estimate of drug-likeness (QED) is 0.615. The lowest BCUT2D eigenvalue weighted by Crippen LogP contribution is -2.33. The molecule has 1 aliphatic heterocycles. The average molecular weight is 349 g/mol. The highest BCUT2D eigenvalue weighted by atomic mass is 16.5. The van der Waals surface area contributed by atoms with Gasteiger partial charge in [-0.25, -0.2) is 0 Å². The summed E-state index contributed by atoms with van der Waals surface area (Å²) in [4.78, 5) is 37.7. The summed E-state index contributed by atoms with van der Waals surface area (Å²) in [5.41, 5.74) is 4.44. The fraction of sp³-hybridized carbons (Fsp3) is 0.286. The molecule has 0 saturated heterocycles. The highest BCUT2D eigenvalue weighted by Crippen LogP contribution is 2.23. The van der Waals surface area contributed by atoms with Crippen molar-refractivity contribution in [3.05, 3.63) is 70.3 Å². The van der Waals surface area contributed by atoms with Crippen LogP contribution in [0.15, 0.2) is 42.5 Å². The smallest absolute Gasteiger partial charge is 0.310 e. The van der Waals surface area contributed by atoms with E-state index in [2.05, 4.69) is 12.1 Å². The van der Waals surface area contributed by atoms with Crippen molar-refractivity contribution >= 4 is 17.8 Å². The zero-order chi connectivity index (χ0) is 18.1. The monoisotopic (exact) mass is 349 g/mol. The van der Waals surface area contributed by atoms with Crippen molar-refractivity contribution in [1.29, 1.82) is 0 Å². The van der Waals surface area contributed by atoms with E-state index < -0.39 is 0 Å². The van der Waals surface area contributed by atoms with Crippen LogP contribution in [0.4, 0.5) is 0 Å². The maximum Gasteiger partial charge on any atom is 0.310 e. The third-order valence-electron chi connectivity index (χ3n) is 4.97. The van der Waals surface area contributed by atoms with Crippen LogP contribution in [0.25, 0.3) is 0 Å². The van der Waals surface area contributed by atoms with Gasteiger partial charge in [0, 0.05) is 0 Å². The van der Waals surface area contributed by atoms with Gasteiger partial charge < -0.3 is 4.74 Å². The Morgan fingerprint density at radius 3 is 2.38 bits per heavy atom. The van der Waals surface area contributed by atoms with Crippen LogP contribution < -0.4 is 0 Å². The van der Waals surface area contributed by atoms with Gasteiger partial charge in [0.25, 0.3) is 11.8 Å². The van der Waals surface area contributed by atoms with Crippen LogP contribution in [0, 0.1) is 0 Å². The third kappa shape index (κ3) is 3.01. The summed E-state index contributed by atoms with van der Waals surface area (Å²) < 4.78 is 5.24. The van der Waals surface area contributed by atoms with E-state index in [0.29, 0.717) is 11.1 Å². The topological polar surface area (TPSA) is 63.7 Å². The second kappa shape index (κ2) is 6.75. The Kier molecular flexibility index (Phi) is 4.29. The molecule has 0 radical (unpaired) electrons. The number of amides is 2. The Balaban J connectivity index is 1.31. The van der Waals surface area contributed by atoms with E-state index in [0.717, 1.165) is 23.3 Å². The Hall–Kier alpha value is -2.95. The summed E-state index contributed by atoms with van der Waals surface area (Å²) in [6, 6.07) is 12.9. The standard InChI is InChI=1S/C21H19NO4/c23-19(13-14-8-9-15-4-3-5-16(15)12-14)26-11-10-22-20(24)17-6-1-2-7-18(17)21(22)25/h1-2,6-9,12H,3-5,10-11,13H2. The third-order valence-corrected chi connectivity index (χ3v) is 4.97. The van der Waals surface area contributed by atoms with Gasteiger partial charge >= 0.3 is 5.97 Å². The van der Waals surface area contributed by atoms with Crippen molar-refractivity contribution in [3.8, 4) is 0 Å². The zero-order valence-electron chi connectivity index (χ0n) is 14.4. The number of aryl methyl sites for hydroxylation is 2. The molecule has 1 heterocycles. The Labute approximate surface area is 151 Å². The molecule has 2 aromatic carbocycles. The highest BCUT2D eigenvalue weighted by molar-refractivity contribution is 6.21. The molecule has 0 saturated carbocycles. The van der Waals surface area contributed by atoms with Crippen molar-refractivity contribution < 1.29 is 19.1 Å². The lowest BCUT2D eigenvalue weighted by atomic mass is 10.0. The van der Waals surface area contributed by atoms with E-state index in [-0.39, 0.29) is 37.4 Å². The molecular weight excluding hydrogens is 330 g/mol. The van der Waals surface area contributed by atoms with E-state index in [1.807, 2.05) is 6.07 Å². The predicted octanol–water partition coefficient (Wildman–Crippen LogP) is 2.56. The van der Waals surface area contributed by atoms with E-state index >= 15 is 0 Å². The van der Waals surface area contributed by atoms with Gasteiger partial charge in [0.2, 0.25) is 0 Å². The van der Waals surface area contributed by atoms with Gasteiger partial charge in [-0.2, -0.15) is 0 Å². The van der Waals surface area contributed by atoms with Crippen LogP contribution in [0.5, 0.6) is 0 Å². The maximum atomic E-state index is 12.2. The minimum atomic E-state index is -0.348. The highest BCUT2D eigenvalue weighted by Gasteiger charge is 2.34. The average Bonchev–Trinajstić information content (AvgIpc) is 3.20. The van der Waals surface area contributed by atoms with Gasteiger partial charge in [0.15, 0.2) is 0 Å². The molecule has 1 aliphatic carbocycles. The fourth-order valence-corrected chi connectivity index (χ4v) is 3.65. The first-order chi connectivity index (χ1) is 12.6. The lowest BCUT2D eigenvalue weighted by Gasteiger charge is -2.14. The molecule has 26 heavy (non-hydrogen) atoms. The van der Waals surface area contributed by atoms with Gasteiger partial charge in [-0.15, -0.1) is 0 Å². The number of hydrogen-bond acceptors (Lipinski definition) is 4. The van der Waals surface area contributed by atoms with Crippen molar-refractivity contribution in [3.63, 3.8) is 0 Å². The second-order valence-electron chi connectivity index (χ2n) is 6.66. The number of benzene rings is 2. The van der Waals surface area contributed by atoms with Crippen LogP contribution in [-0.2, 0) is 28.8 Å². The SMILES string of the molecule is O=C(Cc1ccc2c(c1)CCC2)OCCN1C(=O)c2ccccc2C1=O. The van der Waals surface area contributed by atoms with Crippen LogP contribution in [0.2, 0.25) is 0 Å². The van der Waals surface area contributed by atoms with Crippen molar-refractivity contribution in [2.45, 2.75) is 25.7 Å². The van der Waals surface area contributed by atoms with E-state index in [9.17, 15) is 14.4 Å². The molecule has 0 N–H and O–H groups in total. The Bertz CT molecular complexity index is 868. The molecule has 5 heteroatoms. The first kappa shape index (κ1) is 16.5. The van der Waals surface area contributed by atoms with Gasteiger partial charge in [-0.3, -0.25) is 19.3 Å². The minimum Gasteiger partial charge on any atom is -0.464 e. The number of ether oxygens (including phenoxy) is 1. The van der Waals surface area contributed by atoms with Crippen LogP contribution in [0.1, 0.15) is 43.8 Å². The first-order valence-corrected chi connectivity index (χ1v) is 8.85. The van der Waals surface area contributed by atoms with Gasteiger partial charge in [-0.05, 0) is 48.1 Å². The maximum absolute atomic E-state index is 12.2. The number of nitrogens with zero attached hydrogens (tertiary/aromatic N) is 1. The molecule has 0 aromatic heterocycles. The summed E-state index contributed by atoms with van der Waals surface area (Å²) in [6.45, 7) is 0.0809. The number of carbonyl (C=O) groups excluding carboxylic acids is 3. The molecule has 2 amide bonds. The first-order valence-electron chi connectivity index (χ1n) is 8.85. The Morgan fingerprint density at radius 1 is 0.962 bits per heavy atom. The molecule has 2 aromatic rings. The molecule has 5 nitrogen and oxygen atoms in total. The zero-order valence-corrected chi connectivity index (χ0v) is 14.4. The van der Waals surface area contributed by atoms with Crippen LogP contribution in [-0.4, -0.2) is 35.8 Å². The number of rotatable bonds is 5. The van der Waals surface area contributed by atoms with E-state index in [1.54, 1.807) is 24.3 Å². The molecule has 0 bridgehead atoms. The molecule has 4 rings (SSSR count). The number of fused-ring (bicyclic) bond motifs is 2. The number of carbonyl (C=O) groups is 3. The molecule has 132 valence electrons. The van der Waals surface area contributed by atoms with Crippen molar-refractivity contribution in [2.75, 3.05) is 13.2 Å². The van der Waals surface area contributed by atoms with Gasteiger partial charge in [0.1, 0.15) is 6.61 Å². The second-order valence-corrected chi connectivity index (χ2v) is 6.66. The molecule has 0 unspecified atom stereocenters. The van der Waals surface area contributed by atoms with E-state index in [4.69, 9.17) is 4.74 Å². The molecule has 0 spiro atoms. The van der Waals surface area contributed by atoms with Crippen LogP contribution >= 0.6 is 0 Å². The summed E-state index contributed by atoms with van der Waals surface area (Å²) in [5.74, 6) is -1.01. The normalized spacial score (nSPS) is 15.2. The molecular formula is C21H19NO4. The summed E-state index contributed by atoms with van der Waals surface area (Å²) in [5, 5.41) is 0. The number of imide groups is 1. The molecule has 0 atom stereocenters. The summed E-state index contributed by atoms with van der Waals surface area (Å²) in [7, 11) is 0. The Morgan fingerprint density at radius 2 is 1.65 bits per heavy atom. The van der Waals surface area contributed by atoms with Crippen molar-refractivity contribution in [2.24, 2.45) is 0 Å². The minimum absolute atomic E-state index is 0.00917. The largest absolute Gasteiger partial charge is 0.464 e. The molecule has 0 fully saturated rings. The van der Waals surface area contributed by atoms with Crippen LogP contribution in [0.3, 0.4) is 0 Å². The molecule has 2 aliphatic rings. The number of hydrogen-bond donors (Lipinski definition) is 0. The van der Waals surface area contributed by atoms with Crippen molar-refractivity contribution in [1.82, 2.24) is 4.90 Å². The number of esters is 1.